The Bertz CT molecular complexity index is 333. The molecule has 0 bridgehead atoms. The molecule has 0 radical (unpaired) electrons. The van der Waals surface area contributed by atoms with Crippen LogP contribution in [0.1, 0.15) is 25.8 Å². The molecule has 0 saturated heterocycles. The topological polar surface area (TPSA) is 12.0 Å². The number of fused-ring (bicyclic) bond motifs is 1. The zero-order valence-electron chi connectivity index (χ0n) is 8.75. The quantitative estimate of drug-likeness (QED) is 0.673. The van der Waals surface area contributed by atoms with Crippen LogP contribution >= 0.6 is 12.6 Å². The van der Waals surface area contributed by atoms with Gasteiger partial charge in [0, 0.05) is 16.6 Å². The smallest absolute Gasteiger partial charge is 0.0375 e. The zero-order chi connectivity index (χ0) is 10.1. The third-order valence-electron chi connectivity index (χ3n) is 2.96. The van der Waals surface area contributed by atoms with Crippen molar-refractivity contribution < 1.29 is 0 Å². The van der Waals surface area contributed by atoms with Gasteiger partial charge in [-0.3, -0.25) is 0 Å². The Hall–Kier alpha value is -0.630. The molecule has 2 rings (SSSR count). The Labute approximate surface area is 91.3 Å². The lowest BCUT2D eigenvalue weighted by Gasteiger charge is -2.30. The molecule has 1 unspecified atom stereocenters. The van der Waals surface area contributed by atoms with E-state index in [4.69, 9.17) is 0 Å². The van der Waals surface area contributed by atoms with Crippen LogP contribution in [0.2, 0.25) is 0 Å². The number of rotatable bonds is 1. The third-order valence-corrected chi connectivity index (χ3v) is 3.24. The fourth-order valence-corrected chi connectivity index (χ4v) is 2.24. The van der Waals surface area contributed by atoms with Crippen LogP contribution in [0.15, 0.2) is 23.1 Å². The van der Waals surface area contributed by atoms with Gasteiger partial charge in [-0.15, -0.1) is 12.6 Å². The van der Waals surface area contributed by atoms with Crippen molar-refractivity contribution >= 4 is 18.3 Å². The minimum Gasteiger partial charge on any atom is -0.382 e. The molecule has 1 nitrogen and oxygen atoms in total. The van der Waals surface area contributed by atoms with Gasteiger partial charge in [-0.1, -0.05) is 13.8 Å². The maximum Gasteiger partial charge on any atom is 0.0375 e. The van der Waals surface area contributed by atoms with Gasteiger partial charge in [-0.25, -0.2) is 0 Å². The summed E-state index contributed by atoms with van der Waals surface area (Å²) in [6.07, 6.45) is 2.42. The van der Waals surface area contributed by atoms with Crippen LogP contribution in [0.4, 0.5) is 5.69 Å². The molecule has 76 valence electrons. The van der Waals surface area contributed by atoms with Gasteiger partial charge in [0.2, 0.25) is 0 Å². The molecule has 1 aliphatic rings. The van der Waals surface area contributed by atoms with Crippen LogP contribution in [0.25, 0.3) is 0 Å². The van der Waals surface area contributed by atoms with E-state index < -0.39 is 0 Å². The first-order valence-electron chi connectivity index (χ1n) is 5.25. The minimum absolute atomic E-state index is 0.633. The van der Waals surface area contributed by atoms with E-state index in [1.54, 1.807) is 0 Å². The van der Waals surface area contributed by atoms with E-state index in [2.05, 4.69) is 50.0 Å². The summed E-state index contributed by atoms with van der Waals surface area (Å²) in [5, 5.41) is 3.59. The molecule has 0 aromatic heterocycles. The maximum atomic E-state index is 4.35. The molecule has 14 heavy (non-hydrogen) atoms. The average Bonchev–Trinajstić information content (AvgIpc) is 2.16. The molecular weight excluding hydrogens is 190 g/mol. The highest BCUT2D eigenvalue weighted by molar-refractivity contribution is 7.80. The first-order chi connectivity index (χ1) is 6.66. The molecule has 0 amide bonds. The van der Waals surface area contributed by atoms with Gasteiger partial charge >= 0.3 is 0 Å². The van der Waals surface area contributed by atoms with E-state index in [0.29, 0.717) is 12.0 Å². The number of benzene rings is 1. The first kappa shape index (κ1) is 9.91. The number of hydrogen-bond donors (Lipinski definition) is 2. The molecule has 1 N–H and O–H groups in total. The molecule has 2 heteroatoms. The van der Waals surface area contributed by atoms with Crippen molar-refractivity contribution in [1.82, 2.24) is 0 Å². The van der Waals surface area contributed by atoms with Crippen molar-refractivity contribution in [3.8, 4) is 0 Å². The fraction of sp³-hybridized carbons (Fsp3) is 0.500. The number of anilines is 1. The van der Waals surface area contributed by atoms with Gasteiger partial charge in [0.15, 0.2) is 0 Å². The Kier molecular flexibility index (Phi) is 2.73. The predicted octanol–water partition coefficient (Wildman–Crippen LogP) is 3.36. The second-order valence-corrected chi connectivity index (χ2v) is 4.89. The molecular formula is C12H17NS. The average molecular weight is 207 g/mol. The van der Waals surface area contributed by atoms with Crippen molar-refractivity contribution in [2.24, 2.45) is 5.92 Å². The van der Waals surface area contributed by atoms with Crippen LogP contribution < -0.4 is 5.32 Å². The minimum atomic E-state index is 0.633. The molecule has 1 aromatic rings. The second kappa shape index (κ2) is 3.85. The van der Waals surface area contributed by atoms with E-state index in [0.717, 1.165) is 4.90 Å². The SMILES string of the molecule is CC(C)C1CCc2cc(S)ccc2N1. The van der Waals surface area contributed by atoms with E-state index >= 15 is 0 Å². The van der Waals surface area contributed by atoms with Crippen molar-refractivity contribution in [2.75, 3.05) is 5.32 Å². The standard InChI is InChI=1S/C12H17NS/c1-8(2)11-5-3-9-7-10(14)4-6-12(9)13-11/h4,6-8,11,13-14H,3,5H2,1-2H3. The summed E-state index contributed by atoms with van der Waals surface area (Å²) < 4.78 is 0. The molecule has 1 atom stereocenters. The molecule has 1 heterocycles. The largest absolute Gasteiger partial charge is 0.382 e. The van der Waals surface area contributed by atoms with Crippen molar-refractivity contribution in [1.29, 1.82) is 0 Å². The molecule has 1 aliphatic heterocycles. The number of nitrogens with one attached hydrogen (secondary N) is 1. The lowest BCUT2D eigenvalue weighted by Crippen LogP contribution is -2.30. The van der Waals surface area contributed by atoms with Gasteiger partial charge in [-0.05, 0) is 42.5 Å². The zero-order valence-corrected chi connectivity index (χ0v) is 9.64. The van der Waals surface area contributed by atoms with Gasteiger partial charge in [0.25, 0.3) is 0 Å². The van der Waals surface area contributed by atoms with Gasteiger partial charge < -0.3 is 5.32 Å². The van der Waals surface area contributed by atoms with Gasteiger partial charge in [-0.2, -0.15) is 0 Å². The van der Waals surface area contributed by atoms with Crippen LogP contribution in [0.3, 0.4) is 0 Å². The van der Waals surface area contributed by atoms with Crippen LogP contribution in [0.5, 0.6) is 0 Å². The summed E-state index contributed by atoms with van der Waals surface area (Å²) in [6, 6.07) is 7.00. The lowest BCUT2D eigenvalue weighted by molar-refractivity contribution is 0.482. The van der Waals surface area contributed by atoms with Crippen LogP contribution in [-0.4, -0.2) is 6.04 Å². The van der Waals surface area contributed by atoms with Gasteiger partial charge in [0.1, 0.15) is 0 Å². The number of thiol groups is 1. The number of hydrogen-bond acceptors (Lipinski definition) is 2. The number of aryl methyl sites for hydroxylation is 1. The van der Waals surface area contributed by atoms with E-state index in [-0.39, 0.29) is 0 Å². The Balaban J connectivity index is 2.23. The van der Waals surface area contributed by atoms with Crippen LogP contribution in [0, 0.1) is 5.92 Å². The molecule has 0 fully saturated rings. The molecule has 0 saturated carbocycles. The molecule has 1 aromatic carbocycles. The first-order valence-corrected chi connectivity index (χ1v) is 5.70. The summed E-state index contributed by atoms with van der Waals surface area (Å²) in [5.41, 5.74) is 2.71. The Morgan fingerprint density at radius 1 is 1.43 bits per heavy atom. The monoisotopic (exact) mass is 207 g/mol. The van der Waals surface area contributed by atoms with Crippen molar-refractivity contribution in [3.63, 3.8) is 0 Å². The van der Waals surface area contributed by atoms with E-state index in [1.165, 1.54) is 24.1 Å². The summed E-state index contributed by atoms with van der Waals surface area (Å²) in [7, 11) is 0. The summed E-state index contributed by atoms with van der Waals surface area (Å²) in [6.45, 7) is 4.55. The lowest BCUT2D eigenvalue weighted by atomic mass is 9.91. The summed E-state index contributed by atoms with van der Waals surface area (Å²) in [4.78, 5) is 1.06. The Morgan fingerprint density at radius 3 is 2.93 bits per heavy atom. The molecule has 0 spiro atoms. The van der Waals surface area contributed by atoms with Gasteiger partial charge in [0.05, 0.1) is 0 Å². The van der Waals surface area contributed by atoms with Crippen molar-refractivity contribution in [3.05, 3.63) is 23.8 Å². The highest BCUT2D eigenvalue weighted by Crippen LogP contribution is 2.29. The van der Waals surface area contributed by atoms with Crippen LogP contribution in [-0.2, 0) is 6.42 Å². The predicted molar refractivity (Wildman–Crippen MR) is 64.3 cm³/mol. The van der Waals surface area contributed by atoms with E-state index in [1.807, 2.05) is 0 Å². The second-order valence-electron chi connectivity index (χ2n) is 4.37. The third kappa shape index (κ3) is 1.90. The fourth-order valence-electron chi connectivity index (χ4n) is 2.01. The van der Waals surface area contributed by atoms with Crippen molar-refractivity contribution in [2.45, 2.75) is 37.6 Å². The summed E-state index contributed by atoms with van der Waals surface area (Å²) >= 11 is 4.35. The highest BCUT2D eigenvalue weighted by atomic mass is 32.1. The molecule has 0 aliphatic carbocycles. The summed E-state index contributed by atoms with van der Waals surface area (Å²) in [5.74, 6) is 0.707. The maximum absolute atomic E-state index is 4.35. The normalized spacial score (nSPS) is 20.4. The Morgan fingerprint density at radius 2 is 2.21 bits per heavy atom. The highest BCUT2D eigenvalue weighted by Gasteiger charge is 2.19. The van der Waals surface area contributed by atoms with E-state index in [9.17, 15) is 0 Å².